The Bertz CT molecular complexity index is 789. The van der Waals surface area contributed by atoms with Crippen LogP contribution in [-0.4, -0.2) is 73.6 Å². The molecule has 2 fully saturated rings. The van der Waals surface area contributed by atoms with E-state index in [9.17, 15) is 19.5 Å². The summed E-state index contributed by atoms with van der Waals surface area (Å²) in [6, 6.07) is 6.98. The van der Waals surface area contributed by atoms with E-state index in [-0.39, 0.29) is 25.7 Å². The van der Waals surface area contributed by atoms with E-state index in [1.54, 1.807) is 49.9 Å². The summed E-state index contributed by atoms with van der Waals surface area (Å²) in [5.74, 6) is -1.61. The maximum Gasteiger partial charge on any atom is 0.338 e. The van der Waals surface area contributed by atoms with Gasteiger partial charge in [-0.1, -0.05) is 6.07 Å². The van der Waals surface area contributed by atoms with Crippen molar-refractivity contribution in [2.45, 2.75) is 38.6 Å². The molecule has 1 aromatic rings. The highest BCUT2D eigenvalue weighted by Crippen LogP contribution is 2.26. The van der Waals surface area contributed by atoms with Crippen molar-refractivity contribution in [3.8, 4) is 0 Å². The van der Waals surface area contributed by atoms with Crippen molar-refractivity contribution in [3.05, 3.63) is 24.3 Å². The molecule has 2 aliphatic rings. The Labute approximate surface area is 169 Å². The SMILES string of the molecule is CC(C)(C)OC(=O)[C@H](O)[C@H]1OCCN(c2cccc(N3CCOCC3=O)c2)C1=O. The standard InChI is InChI=1S/C20H26N2O7/c1-20(2,3)29-19(26)16(24)17-18(25)22(8-10-28-17)14-6-4-5-13(11-14)21-7-9-27-12-15(21)23/h4-6,11,16-17,24H,7-10,12H2,1-3H3/t16-,17-/m1/s1. The molecule has 0 bridgehead atoms. The highest BCUT2D eigenvalue weighted by molar-refractivity contribution is 6.01. The lowest BCUT2D eigenvalue weighted by Gasteiger charge is -2.35. The first-order valence-electron chi connectivity index (χ1n) is 9.49. The molecule has 29 heavy (non-hydrogen) atoms. The van der Waals surface area contributed by atoms with Crippen LogP contribution >= 0.6 is 0 Å². The summed E-state index contributed by atoms with van der Waals surface area (Å²) < 4.78 is 15.7. The Balaban J connectivity index is 1.77. The molecule has 0 unspecified atom stereocenters. The molecule has 9 nitrogen and oxygen atoms in total. The number of ether oxygens (including phenoxy) is 3. The largest absolute Gasteiger partial charge is 0.458 e. The molecule has 0 radical (unpaired) electrons. The molecule has 2 amide bonds. The van der Waals surface area contributed by atoms with E-state index in [1.807, 2.05) is 0 Å². The fourth-order valence-electron chi connectivity index (χ4n) is 3.19. The molecule has 158 valence electrons. The highest BCUT2D eigenvalue weighted by Gasteiger charge is 2.41. The van der Waals surface area contributed by atoms with Gasteiger partial charge in [0.15, 0.2) is 12.2 Å². The number of rotatable bonds is 4. The smallest absolute Gasteiger partial charge is 0.338 e. The van der Waals surface area contributed by atoms with Gasteiger partial charge >= 0.3 is 5.97 Å². The van der Waals surface area contributed by atoms with Gasteiger partial charge in [0, 0.05) is 24.5 Å². The average molecular weight is 406 g/mol. The van der Waals surface area contributed by atoms with Crippen molar-refractivity contribution >= 4 is 29.2 Å². The molecule has 2 atom stereocenters. The van der Waals surface area contributed by atoms with Gasteiger partial charge in [0.25, 0.3) is 11.8 Å². The molecular weight excluding hydrogens is 380 g/mol. The Morgan fingerprint density at radius 2 is 1.83 bits per heavy atom. The quantitative estimate of drug-likeness (QED) is 0.725. The topological polar surface area (TPSA) is 106 Å². The monoisotopic (exact) mass is 406 g/mol. The van der Waals surface area contributed by atoms with Crippen LogP contribution in [0.25, 0.3) is 0 Å². The Kier molecular flexibility index (Phi) is 6.21. The second kappa shape index (κ2) is 8.48. The molecule has 2 aliphatic heterocycles. The van der Waals surface area contributed by atoms with E-state index in [4.69, 9.17) is 14.2 Å². The number of hydrogen-bond donors (Lipinski definition) is 1. The van der Waals surface area contributed by atoms with Crippen molar-refractivity contribution in [2.24, 2.45) is 0 Å². The zero-order valence-corrected chi connectivity index (χ0v) is 16.8. The van der Waals surface area contributed by atoms with Crippen LogP contribution in [0.4, 0.5) is 11.4 Å². The first-order chi connectivity index (χ1) is 13.7. The van der Waals surface area contributed by atoms with Crippen LogP contribution in [0.5, 0.6) is 0 Å². The van der Waals surface area contributed by atoms with E-state index >= 15 is 0 Å². The lowest BCUT2D eigenvalue weighted by atomic mass is 10.1. The molecule has 0 spiro atoms. The number of carbonyl (C=O) groups is 3. The lowest BCUT2D eigenvalue weighted by Crippen LogP contribution is -2.55. The van der Waals surface area contributed by atoms with Crippen LogP contribution in [0.1, 0.15) is 20.8 Å². The van der Waals surface area contributed by atoms with Gasteiger partial charge in [0.05, 0.1) is 13.2 Å². The summed E-state index contributed by atoms with van der Waals surface area (Å²) >= 11 is 0. The van der Waals surface area contributed by atoms with E-state index in [1.165, 1.54) is 4.90 Å². The zero-order valence-electron chi connectivity index (χ0n) is 16.8. The summed E-state index contributed by atoms with van der Waals surface area (Å²) in [7, 11) is 0. The number of benzene rings is 1. The van der Waals surface area contributed by atoms with E-state index < -0.39 is 29.7 Å². The van der Waals surface area contributed by atoms with Crippen LogP contribution in [0.2, 0.25) is 0 Å². The number of aliphatic hydroxyl groups excluding tert-OH is 1. The molecule has 2 saturated heterocycles. The van der Waals surface area contributed by atoms with Gasteiger partial charge in [-0.15, -0.1) is 0 Å². The Morgan fingerprint density at radius 3 is 2.48 bits per heavy atom. The van der Waals surface area contributed by atoms with Crippen molar-refractivity contribution in [2.75, 3.05) is 42.7 Å². The van der Waals surface area contributed by atoms with E-state index in [0.717, 1.165) is 0 Å². The van der Waals surface area contributed by atoms with Gasteiger partial charge in [0.1, 0.15) is 12.2 Å². The fourth-order valence-corrected chi connectivity index (χ4v) is 3.19. The number of amides is 2. The van der Waals surface area contributed by atoms with Gasteiger partial charge < -0.3 is 29.1 Å². The number of nitrogens with zero attached hydrogens (tertiary/aromatic N) is 2. The second-order valence-electron chi connectivity index (χ2n) is 7.88. The third-order valence-electron chi connectivity index (χ3n) is 4.50. The summed E-state index contributed by atoms with van der Waals surface area (Å²) in [6.45, 7) is 6.32. The lowest BCUT2D eigenvalue weighted by molar-refractivity contribution is -0.177. The van der Waals surface area contributed by atoms with Gasteiger partial charge in [-0.05, 0) is 39.0 Å². The van der Waals surface area contributed by atoms with Crippen molar-refractivity contribution < 1.29 is 33.7 Å². The van der Waals surface area contributed by atoms with Crippen LogP contribution < -0.4 is 9.80 Å². The minimum atomic E-state index is -1.73. The molecule has 0 aromatic heterocycles. The van der Waals surface area contributed by atoms with Crippen molar-refractivity contribution in [1.82, 2.24) is 0 Å². The van der Waals surface area contributed by atoms with E-state index in [2.05, 4.69) is 0 Å². The fraction of sp³-hybridized carbons (Fsp3) is 0.550. The minimum Gasteiger partial charge on any atom is -0.458 e. The van der Waals surface area contributed by atoms with Crippen LogP contribution in [0.3, 0.4) is 0 Å². The van der Waals surface area contributed by atoms with Crippen LogP contribution in [-0.2, 0) is 28.6 Å². The minimum absolute atomic E-state index is 0.0187. The predicted octanol–water partition coefficient (Wildman–Crippen LogP) is 0.484. The number of hydrogen-bond acceptors (Lipinski definition) is 7. The molecule has 9 heteroatoms. The number of carbonyl (C=O) groups excluding carboxylic acids is 3. The summed E-state index contributed by atoms with van der Waals surface area (Å²) in [5, 5.41) is 10.3. The summed E-state index contributed by atoms with van der Waals surface area (Å²) in [4.78, 5) is 40.2. The predicted molar refractivity (Wildman–Crippen MR) is 104 cm³/mol. The maximum atomic E-state index is 12.9. The first kappa shape index (κ1) is 21.2. The van der Waals surface area contributed by atoms with Crippen LogP contribution in [0, 0.1) is 0 Å². The van der Waals surface area contributed by atoms with Crippen molar-refractivity contribution in [3.63, 3.8) is 0 Å². The van der Waals surface area contributed by atoms with Gasteiger partial charge in [0.2, 0.25) is 0 Å². The maximum absolute atomic E-state index is 12.9. The first-order valence-corrected chi connectivity index (χ1v) is 9.49. The molecular formula is C20H26N2O7. The number of anilines is 2. The molecule has 1 N–H and O–H groups in total. The van der Waals surface area contributed by atoms with E-state index in [0.29, 0.717) is 24.5 Å². The Hall–Kier alpha value is -2.49. The van der Waals surface area contributed by atoms with Crippen molar-refractivity contribution in [1.29, 1.82) is 0 Å². The third kappa shape index (κ3) is 4.92. The highest BCUT2D eigenvalue weighted by atomic mass is 16.6. The van der Waals surface area contributed by atoms with Gasteiger partial charge in [-0.3, -0.25) is 9.59 Å². The number of aliphatic hydroxyl groups is 1. The summed E-state index contributed by atoms with van der Waals surface area (Å²) in [5.41, 5.74) is 0.407. The second-order valence-corrected chi connectivity index (χ2v) is 7.88. The summed E-state index contributed by atoms with van der Waals surface area (Å²) in [6.07, 6.45) is -3.08. The number of esters is 1. The molecule has 2 heterocycles. The molecule has 0 saturated carbocycles. The molecule has 1 aromatic carbocycles. The molecule has 3 rings (SSSR count). The van der Waals surface area contributed by atoms with Gasteiger partial charge in [-0.2, -0.15) is 0 Å². The van der Waals surface area contributed by atoms with Crippen LogP contribution in [0.15, 0.2) is 24.3 Å². The van der Waals surface area contributed by atoms with Gasteiger partial charge in [-0.25, -0.2) is 4.79 Å². The number of morpholine rings is 2. The normalized spacial score (nSPS) is 21.9. The molecule has 0 aliphatic carbocycles. The Morgan fingerprint density at radius 1 is 1.17 bits per heavy atom. The zero-order chi connectivity index (χ0) is 21.2. The third-order valence-corrected chi connectivity index (χ3v) is 4.50. The average Bonchev–Trinajstić information content (AvgIpc) is 2.67.